The minimum absolute atomic E-state index is 0.0294. The third kappa shape index (κ3) is 5.74. The van der Waals surface area contributed by atoms with Crippen LogP contribution in [0, 0.1) is 0 Å². The first-order chi connectivity index (χ1) is 14.8. The quantitative estimate of drug-likeness (QED) is 0.453. The Morgan fingerprint density at radius 3 is 2.23 bits per heavy atom. The van der Waals surface area contributed by atoms with Crippen LogP contribution in [0.25, 0.3) is 10.2 Å². The zero-order valence-electron chi connectivity index (χ0n) is 16.3. The molecule has 3 heterocycles. The highest BCUT2D eigenvalue weighted by atomic mass is 32.1. The first-order valence-electron chi connectivity index (χ1n) is 9.25. The number of carboxylic acids is 2. The van der Waals surface area contributed by atoms with Crippen LogP contribution in [-0.4, -0.2) is 81.3 Å². The molecule has 0 aliphatic carbocycles. The second-order valence-corrected chi connectivity index (χ2v) is 7.60. The van der Waals surface area contributed by atoms with Gasteiger partial charge in [0.25, 0.3) is 5.91 Å². The third-order valence-corrected chi connectivity index (χ3v) is 5.51. The van der Waals surface area contributed by atoms with Gasteiger partial charge in [0.05, 0.1) is 23.0 Å². The Kier molecular flexibility index (Phi) is 7.11. The molecule has 1 fully saturated rings. The lowest BCUT2D eigenvalue weighted by Gasteiger charge is -2.33. The maximum Gasteiger partial charge on any atom is 0.414 e. The topological polar surface area (TPSA) is 141 Å². The molecule has 0 radical (unpaired) electrons. The molecule has 0 saturated carbocycles. The Morgan fingerprint density at radius 2 is 1.65 bits per heavy atom. The number of carbonyl (C=O) groups is 4. The van der Waals surface area contributed by atoms with E-state index in [0.717, 1.165) is 10.2 Å². The van der Waals surface area contributed by atoms with Crippen molar-refractivity contribution in [1.29, 1.82) is 0 Å². The number of piperazine rings is 1. The number of Topliss-reactive ketones (excluding diaryl/α,β-unsaturated/α-hetero) is 1. The summed E-state index contributed by atoms with van der Waals surface area (Å²) in [5.41, 5.74) is 0.860. The highest BCUT2D eigenvalue weighted by molar-refractivity contribution is 7.20. The van der Waals surface area contributed by atoms with Crippen LogP contribution < -0.4 is 0 Å². The Balaban J connectivity index is 0.000000401. The first kappa shape index (κ1) is 22.1. The summed E-state index contributed by atoms with van der Waals surface area (Å²) in [7, 11) is 0. The van der Waals surface area contributed by atoms with Crippen LogP contribution in [0.2, 0.25) is 0 Å². The van der Waals surface area contributed by atoms with Gasteiger partial charge in [-0.3, -0.25) is 14.5 Å². The molecule has 2 N–H and O–H groups in total. The largest absolute Gasteiger partial charge is 0.473 e. The Hall–Kier alpha value is -3.57. The number of hydrogen-bond acceptors (Lipinski definition) is 8. The van der Waals surface area contributed by atoms with Crippen LogP contribution in [0.1, 0.15) is 20.4 Å². The van der Waals surface area contributed by atoms with Crippen molar-refractivity contribution < 1.29 is 33.8 Å². The summed E-state index contributed by atoms with van der Waals surface area (Å²) >= 11 is 1.43. The molecule has 1 aliphatic heterocycles. The number of benzene rings is 1. The summed E-state index contributed by atoms with van der Waals surface area (Å²) in [6.07, 6.45) is 1.50. The maximum absolute atomic E-state index is 12.7. The fourth-order valence-electron chi connectivity index (χ4n) is 2.93. The van der Waals surface area contributed by atoms with E-state index < -0.39 is 11.9 Å². The molecular formula is C20H19N3O7S. The average molecular weight is 445 g/mol. The molecule has 1 amide bonds. The molecule has 1 aliphatic rings. The molecule has 31 heavy (non-hydrogen) atoms. The highest BCUT2D eigenvalue weighted by Crippen LogP contribution is 2.23. The van der Waals surface area contributed by atoms with Gasteiger partial charge in [-0.25, -0.2) is 14.6 Å². The molecule has 0 spiro atoms. The summed E-state index contributed by atoms with van der Waals surface area (Å²) in [5, 5.41) is 15.3. The number of aromatic nitrogens is 1. The smallest absolute Gasteiger partial charge is 0.414 e. The van der Waals surface area contributed by atoms with Crippen molar-refractivity contribution in [2.75, 3.05) is 32.7 Å². The molecule has 162 valence electrons. The number of aliphatic carboxylic acids is 2. The molecule has 0 atom stereocenters. The van der Waals surface area contributed by atoms with Crippen molar-refractivity contribution >= 4 is 45.2 Å². The predicted octanol–water partition coefficient (Wildman–Crippen LogP) is 1.69. The Labute approximate surface area is 180 Å². The monoisotopic (exact) mass is 445 g/mol. The molecule has 0 unspecified atom stereocenters. The second-order valence-electron chi connectivity index (χ2n) is 6.57. The third-order valence-electron chi connectivity index (χ3n) is 4.48. The number of ketones is 1. The Bertz CT molecular complexity index is 1040. The standard InChI is InChI=1S/C18H17N3O3S.C2H2O4/c22-14(15-5-3-11-24-15)12-20-7-9-21(10-8-20)18(23)17-19-13-4-1-2-6-16(13)25-17;3-1(4)2(5)6/h1-6,11H,7-10,12H2;(H,3,4)(H,5,6). The number of thiazole rings is 1. The van der Waals surface area contributed by atoms with Crippen molar-refractivity contribution in [3.63, 3.8) is 0 Å². The van der Waals surface area contributed by atoms with Gasteiger partial charge >= 0.3 is 11.9 Å². The number of para-hydroxylation sites is 1. The number of rotatable bonds is 4. The maximum atomic E-state index is 12.7. The van der Waals surface area contributed by atoms with E-state index in [1.54, 1.807) is 12.1 Å². The zero-order chi connectivity index (χ0) is 22.4. The van der Waals surface area contributed by atoms with Crippen LogP contribution in [0.15, 0.2) is 47.1 Å². The van der Waals surface area contributed by atoms with E-state index in [-0.39, 0.29) is 11.7 Å². The Morgan fingerprint density at radius 1 is 0.968 bits per heavy atom. The minimum Gasteiger partial charge on any atom is -0.473 e. The predicted molar refractivity (Wildman–Crippen MR) is 110 cm³/mol. The summed E-state index contributed by atoms with van der Waals surface area (Å²) in [6, 6.07) is 11.1. The SMILES string of the molecule is O=C(CN1CCN(C(=O)c2nc3ccccc3s2)CC1)c1ccco1.O=C(O)C(=O)O. The summed E-state index contributed by atoms with van der Waals surface area (Å²) < 4.78 is 6.16. The van der Waals surface area contributed by atoms with E-state index in [2.05, 4.69) is 4.98 Å². The summed E-state index contributed by atoms with van der Waals surface area (Å²) in [6.45, 7) is 2.85. The summed E-state index contributed by atoms with van der Waals surface area (Å²) in [4.78, 5) is 51.2. The molecule has 4 rings (SSSR count). The van der Waals surface area contributed by atoms with Crippen LogP contribution in [0.3, 0.4) is 0 Å². The van der Waals surface area contributed by atoms with Crippen molar-refractivity contribution in [2.45, 2.75) is 0 Å². The van der Waals surface area contributed by atoms with Gasteiger partial charge in [-0.1, -0.05) is 12.1 Å². The minimum atomic E-state index is -1.82. The summed E-state index contributed by atoms with van der Waals surface area (Å²) in [5.74, 6) is -3.33. The van der Waals surface area contributed by atoms with Crippen molar-refractivity contribution in [2.24, 2.45) is 0 Å². The second kappa shape index (κ2) is 9.96. The van der Waals surface area contributed by atoms with Gasteiger partial charge in [0, 0.05) is 26.2 Å². The fraction of sp³-hybridized carbons (Fsp3) is 0.250. The number of fused-ring (bicyclic) bond motifs is 1. The number of nitrogens with zero attached hydrogens (tertiary/aromatic N) is 3. The van der Waals surface area contributed by atoms with Crippen molar-refractivity contribution in [1.82, 2.24) is 14.8 Å². The molecule has 0 bridgehead atoms. The van der Waals surface area contributed by atoms with Gasteiger partial charge in [-0.15, -0.1) is 11.3 Å². The van der Waals surface area contributed by atoms with E-state index in [9.17, 15) is 9.59 Å². The first-order valence-corrected chi connectivity index (χ1v) is 10.1. The van der Waals surface area contributed by atoms with Gasteiger partial charge in [0.2, 0.25) is 5.78 Å². The lowest BCUT2D eigenvalue weighted by molar-refractivity contribution is -0.159. The number of carbonyl (C=O) groups excluding carboxylic acids is 2. The zero-order valence-corrected chi connectivity index (χ0v) is 17.1. The number of carboxylic acid groups (broad SMARTS) is 2. The normalized spacial score (nSPS) is 14.0. The molecule has 1 saturated heterocycles. The van der Waals surface area contributed by atoms with E-state index in [1.807, 2.05) is 34.1 Å². The van der Waals surface area contributed by atoms with Gasteiger partial charge in [-0.2, -0.15) is 0 Å². The van der Waals surface area contributed by atoms with E-state index in [0.29, 0.717) is 43.5 Å². The van der Waals surface area contributed by atoms with Gasteiger partial charge in [-0.05, 0) is 24.3 Å². The van der Waals surface area contributed by atoms with Crippen molar-refractivity contribution in [3.05, 3.63) is 53.4 Å². The lowest BCUT2D eigenvalue weighted by atomic mass is 10.2. The van der Waals surface area contributed by atoms with Gasteiger partial charge in [0.1, 0.15) is 0 Å². The lowest BCUT2D eigenvalue weighted by Crippen LogP contribution is -2.49. The van der Waals surface area contributed by atoms with Crippen molar-refractivity contribution in [3.8, 4) is 0 Å². The number of hydrogen-bond donors (Lipinski definition) is 2. The highest BCUT2D eigenvalue weighted by Gasteiger charge is 2.25. The average Bonchev–Trinajstić information content (AvgIpc) is 3.44. The van der Waals surface area contributed by atoms with E-state index in [1.165, 1.54) is 17.6 Å². The molecule has 10 nitrogen and oxygen atoms in total. The van der Waals surface area contributed by atoms with Gasteiger partial charge in [0.15, 0.2) is 10.8 Å². The molecule has 1 aromatic carbocycles. The van der Waals surface area contributed by atoms with E-state index >= 15 is 0 Å². The van der Waals surface area contributed by atoms with E-state index in [4.69, 9.17) is 24.2 Å². The number of amides is 1. The van der Waals surface area contributed by atoms with Crippen LogP contribution in [0.5, 0.6) is 0 Å². The molecule has 11 heteroatoms. The van der Waals surface area contributed by atoms with Crippen LogP contribution in [-0.2, 0) is 9.59 Å². The molecule has 3 aromatic rings. The fourth-order valence-corrected chi connectivity index (χ4v) is 3.86. The molecule has 2 aromatic heterocycles. The molecular weight excluding hydrogens is 426 g/mol. The number of furan rings is 1. The van der Waals surface area contributed by atoms with Gasteiger partial charge < -0.3 is 19.5 Å². The van der Waals surface area contributed by atoms with Crippen LogP contribution in [0.4, 0.5) is 0 Å². The van der Waals surface area contributed by atoms with Crippen LogP contribution >= 0.6 is 11.3 Å².